The van der Waals surface area contributed by atoms with Crippen molar-refractivity contribution in [1.82, 2.24) is 0 Å². The Morgan fingerprint density at radius 3 is 2.36 bits per heavy atom. The molecule has 1 heteroatoms. The van der Waals surface area contributed by atoms with Crippen LogP contribution in [0.5, 0.6) is 0 Å². The molecule has 2 unspecified atom stereocenters. The smallest absolute Gasteiger partial charge is 0.123 e. The third-order valence-electron chi connectivity index (χ3n) is 5.89. The van der Waals surface area contributed by atoms with Crippen LogP contribution in [0.15, 0.2) is 36.4 Å². The summed E-state index contributed by atoms with van der Waals surface area (Å²) in [7, 11) is 0. The molecule has 1 aromatic rings. The zero-order valence-corrected chi connectivity index (χ0v) is 13.8. The van der Waals surface area contributed by atoms with Crippen molar-refractivity contribution in [2.75, 3.05) is 0 Å². The first kappa shape index (κ1) is 15.8. The van der Waals surface area contributed by atoms with Crippen molar-refractivity contribution in [1.29, 1.82) is 0 Å². The monoisotopic (exact) mass is 300 g/mol. The molecular weight excluding hydrogens is 271 g/mol. The topological polar surface area (TPSA) is 0 Å². The highest BCUT2D eigenvalue weighted by Crippen LogP contribution is 2.43. The van der Waals surface area contributed by atoms with Crippen molar-refractivity contribution in [3.63, 3.8) is 0 Å². The first-order valence-electron chi connectivity index (χ1n) is 9.13. The van der Waals surface area contributed by atoms with E-state index >= 15 is 0 Å². The lowest BCUT2D eigenvalue weighted by Gasteiger charge is -2.35. The van der Waals surface area contributed by atoms with Gasteiger partial charge < -0.3 is 0 Å². The third-order valence-corrected chi connectivity index (χ3v) is 5.89. The van der Waals surface area contributed by atoms with Crippen LogP contribution in [-0.4, -0.2) is 0 Å². The Balaban J connectivity index is 1.75. The molecule has 0 amide bonds. The van der Waals surface area contributed by atoms with Crippen LogP contribution >= 0.6 is 0 Å². The molecule has 1 saturated carbocycles. The number of hydrogen-bond acceptors (Lipinski definition) is 0. The van der Waals surface area contributed by atoms with Crippen LogP contribution in [0, 0.1) is 23.6 Å². The number of allylic oxidation sites excluding steroid dienone is 2. The van der Waals surface area contributed by atoms with Gasteiger partial charge in [-0.15, -0.1) is 0 Å². The summed E-state index contributed by atoms with van der Waals surface area (Å²) < 4.78 is 13.3. The highest BCUT2D eigenvalue weighted by atomic mass is 19.1. The van der Waals surface area contributed by atoms with Gasteiger partial charge in [-0.1, -0.05) is 44.1 Å². The van der Waals surface area contributed by atoms with Crippen LogP contribution in [-0.2, 0) is 0 Å². The molecule has 0 bridgehead atoms. The molecule has 22 heavy (non-hydrogen) atoms. The van der Waals surface area contributed by atoms with Crippen LogP contribution in [0.25, 0.3) is 0 Å². The van der Waals surface area contributed by atoms with Gasteiger partial charge in [0.05, 0.1) is 0 Å². The molecule has 2 atom stereocenters. The minimum Gasteiger partial charge on any atom is -0.207 e. The lowest BCUT2D eigenvalue weighted by atomic mass is 9.70. The predicted octanol–water partition coefficient (Wildman–Crippen LogP) is 6.48. The first-order chi connectivity index (χ1) is 10.7. The fourth-order valence-corrected chi connectivity index (χ4v) is 4.43. The van der Waals surface area contributed by atoms with E-state index in [0.29, 0.717) is 5.92 Å². The summed E-state index contributed by atoms with van der Waals surface area (Å²) in [4.78, 5) is 0. The van der Waals surface area contributed by atoms with Crippen LogP contribution in [0.3, 0.4) is 0 Å². The Morgan fingerprint density at radius 2 is 1.73 bits per heavy atom. The van der Waals surface area contributed by atoms with Crippen molar-refractivity contribution in [3.8, 4) is 0 Å². The van der Waals surface area contributed by atoms with Crippen LogP contribution in [0.4, 0.5) is 4.39 Å². The third kappa shape index (κ3) is 4.00. The van der Waals surface area contributed by atoms with Gasteiger partial charge in [0.1, 0.15) is 5.82 Å². The van der Waals surface area contributed by atoms with Gasteiger partial charge in [-0.3, -0.25) is 0 Å². The van der Waals surface area contributed by atoms with Gasteiger partial charge in [0, 0.05) is 0 Å². The van der Waals surface area contributed by atoms with Crippen LogP contribution in [0.1, 0.15) is 69.8 Å². The summed E-state index contributed by atoms with van der Waals surface area (Å²) in [5.41, 5.74) is 1.37. The summed E-state index contributed by atoms with van der Waals surface area (Å²) in [5, 5.41) is 0. The highest BCUT2D eigenvalue weighted by Gasteiger charge is 2.29. The van der Waals surface area contributed by atoms with Crippen molar-refractivity contribution < 1.29 is 4.39 Å². The second-order valence-electron chi connectivity index (χ2n) is 7.56. The minimum absolute atomic E-state index is 0.111. The lowest BCUT2D eigenvalue weighted by Crippen LogP contribution is -2.22. The second kappa shape index (κ2) is 7.44. The van der Waals surface area contributed by atoms with Crippen molar-refractivity contribution in [3.05, 3.63) is 47.8 Å². The molecule has 0 saturated heterocycles. The molecular formula is C21H29F. The van der Waals surface area contributed by atoms with E-state index in [2.05, 4.69) is 19.1 Å². The van der Waals surface area contributed by atoms with E-state index in [-0.39, 0.29) is 5.82 Å². The van der Waals surface area contributed by atoms with Gasteiger partial charge in [0.15, 0.2) is 0 Å². The summed E-state index contributed by atoms with van der Waals surface area (Å²) in [6.45, 7) is 2.38. The molecule has 0 nitrogen and oxygen atoms in total. The molecule has 0 aliphatic heterocycles. The van der Waals surface area contributed by atoms with Crippen molar-refractivity contribution in [2.24, 2.45) is 17.8 Å². The van der Waals surface area contributed by atoms with Gasteiger partial charge in [-0.25, -0.2) is 4.39 Å². The maximum atomic E-state index is 13.3. The van der Waals surface area contributed by atoms with Crippen LogP contribution in [0.2, 0.25) is 0 Å². The van der Waals surface area contributed by atoms with E-state index in [0.717, 1.165) is 17.8 Å². The molecule has 2 aliphatic rings. The van der Waals surface area contributed by atoms with E-state index in [1.165, 1.54) is 56.9 Å². The molecule has 0 heterocycles. The summed E-state index contributed by atoms with van der Waals surface area (Å²) in [6.07, 6.45) is 15.2. The Hall–Kier alpha value is -1.11. The van der Waals surface area contributed by atoms with Crippen molar-refractivity contribution in [2.45, 2.75) is 64.2 Å². The molecule has 1 aromatic carbocycles. The fourth-order valence-electron chi connectivity index (χ4n) is 4.43. The normalized spacial score (nSPS) is 30.2. The SMILES string of the molecule is CC1CCC(C(CC2CC=CCC2)c2ccc(F)cc2)CC1. The molecule has 0 N–H and O–H groups in total. The summed E-state index contributed by atoms with van der Waals surface area (Å²) >= 11 is 0. The Kier molecular flexibility index (Phi) is 5.33. The maximum absolute atomic E-state index is 13.3. The standard InChI is InChI=1S/C21H29F/c1-16-7-9-18(10-8-16)21(15-17-5-3-2-4-6-17)19-11-13-20(22)14-12-19/h2-3,11-14,16-18,21H,4-10,15H2,1H3. The van der Waals surface area contributed by atoms with Crippen molar-refractivity contribution >= 4 is 0 Å². The zero-order valence-electron chi connectivity index (χ0n) is 13.8. The molecule has 1 fully saturated rings. The molecule has 0 radical (unpaired) electrons. The quantitative estimate of drug-likeness (QED) is 0.558. The number of hydrogen-bond donors (Lipinski definition) is 0. The van der Waals surface area contributed by atoms with E-state index in [1.807, 2.05) is 12.1 Å². The van der Waals surface area contributed by atoms with Gasteiger partial charge in [0.2, 0.25) is 0 Å². The van der Waals surface area contributed by atoms with E-state index in [9.17, 15) is 4.39 Å². The van der Waals surface area contributed by atoms with E-state index in [1.54, 1.807) is 12.1 Å². The molecule has 3 rings (SSSR count). The van der Waals surface area contributed by atoms with Gasteiger partial charge in [0.25, 0.3) is 0 Å². The first-order valence-corrected chi connectivity index (χ1v) is 9.13. The number of rotatable bonds is 4. The summed E-state index contributed by atoms with van der Waals surface area (Å²) in [6, 6.07) is 7.37. The van der Waals surface area contributed by atoms with Gasteiger partial charge >= 0.3 is 0 Å². The van der Waals surface area contributed by atoms with Crippen LogP contribution < -0.4 is 0 Å². The average molecular weight is 300 g/mol. The maximum Gasteiger partial charge on any atom is 0.123 e. The fraction of sp³-hybridized carbons (Fsp3) is 0.619. The Bertz CT molecular complexity index is 479. The Labute approximate surface area is 134 Å². The van der Waals surface area contributed by atoms with Gasteiger partial charge in [-0.2, -0.15) is 0 Å². The molecule has 0 aromatic heterocycles. The molecule has 2 aliphatic carbocycles. The largest absolute Gasteiger partial charge is 0.207 e. The van der Waals surface area contributed by atoms with E-state index in [4.69, 9.17) is 0 Å². The number of halogens is 1. The Morgan fingerprint density at radius 1 is 1.00 bits per heavy atom. The highest BCUT2D eigenvalue weighted by molar-refractivity contribution is 5.22. The average Bonchev–Trinajstić information content (AvgIpc) is 2.56. The predicted molar refractivity (Wildman–Crippen MR) is 91.4 cm³/mol. The number of benzene rings is 1. The minimum atomic E-state index is -0.111. The lowest BCUT2D eigenvalue weighted by molar-refractivity contribution is 0.227. The van der Waals surface area contributed by atoms with E-state index < -0.39 is 0 Å². The summed E-state index contributed by atoms with van der Waals surface area (Å²) in [5.74, 6) is 3.03. The molecule has 120 valence electrons. The van der Waals surface area contributed by atoms with Gasteiger partial charge in [-0.05, 0) is 79.9 Å². The zero-order chi connectivity index (χ0) is 15.4. The second-order valence-corrected chi connectivity index (χ2v) is 7.56. The molecule has 0 spiro atoms.